The molecule has 50 heavy (non-hydrogen) atoms. The van der Waals surface area contributed by atoms with E-state index in [9.17, 15) is 0 Å². The Kier molecular flexibility index (Phi) is 7.21. The van der Waals surface area contributed by atoms with E-state index in [-0.39, 0.29) is 5.41 Å². The van der Waals surface area contributed by atoms with Crippen molar-refractivity contribution >= 4 is 27.8 Å². The van der Waals surface area contributed by atoms with E-state index in [1.165, 1.54) is 66.4 Å². The SMILES string of the molecule is CC1(C)c2ccccc2-c2c(-c3ccc(-c4ccccc4)cc3)c(-c3ccc(N(c4ccccc4)c4ccccc4)cc3)c3ccccc3c21. The summed E-state index contributed by atoms with van der Waals surface area (Å²) in [4.78, 5) is 2.33. The van der Waals surface area contributed by atoms with Crippen molar-refractivity contribution in [2.75, 3.05) is 4.90 Å². The fourth-order valence-electron chi connectivity index (χ4n) is 8.16. The summed E-state index contributed by atoms with van der Waals surface area (Å²) in [7, 11) is 0. The van der Waals surface area contributed by atoms with Gasteiger partial charge in [0.1, 0.15) is 0 Å². The zero-order valence-corrected chi connectivity index (χ0v) is 28.3. The number of para-hydroxylation sites is 2. The van der Waals surface area contributed by atoms with E-state index in [1.807, 2.05) is 0 Å². The standard InChI is InChI=1S/C49H37N/c1-49(2)44-25-15-14-24-43(44)47-46(37-28-26-35(27-29-37)34-16-6-3-7-17-34)45(41-22-12-13-23-42(41)48(47)49)36-30-32-40(33-31-36)50(38-18-8-4-9-19-38)39-20-10-5-11-21-39/h3-33H,1-2H3. The van der Waals surface area contributed by atoms with Crippen LogP contribution in [0.4, 0.5) is 17.1 Å². The molecule has 0 bridgehead atoms. The van der Waals surface area contributed by atoms with Crippen LogP contribution in [0.1, 0.15) is 25.0 Å². The molecule has 1 heteroatoms. The number of rotatable bonds is 6. The molecular weight excluding hydrogens is 603 g/mol. The molecule has 0 radical (unpaired) electrons. The zero-order valence-electron chi connectivity index (χ0n) is 28.3. The van der Waals surface area contributed by atoms with Gasteiger partial charge in [-0.05, 0) is 103 Å². The molecule has 0 aliphatic heterocycles. The van der Waals surface area contributed by atoms with Crippen molar-refractivity contribution in [2.24, 2.45) is 0 Å². The van der Waals surface area contributed by atoms with Crippen LogP contribution >= 0.6 is 0 Å². The van der Waals surface area contributed by atoms with E-state index in [0.29, 0.717) is 0 Å². The lowest BCUT2D eigenvalue weighted by atomic mass is 9.77. The second kappa shape index (κ2) is 12.1. The van der Waals surface area contributed by atoms with Crippen molar-refractivity contribution in [2.45, 2.75) is 19.3 Å². The molecule has 1 aliphatic rings. The second-order valence-electron chi connectivity index (χ2n) is 13.7. The third-order valence-electron chi connectivity index (χ3n) is 10.4. The van der Waals surface area contributed by atoms with Crippen LogP contribution in [0.15, 0.2) is 188 Å². The molecule has 238 valence electrons. The van der Waals surface area contributed by atoms with E-state index in [0.717, 1.165) is 17.1 Å². The Morgan fingerprint density at radius 3 is 1.42 bits per heavy atom. The van der Waals surface area contributed by atoms with Crippen LogP contribution < -0.4 is 4.90 Å². The molecule has 8 aromatic rings. The predicted molar refractivity (Wildman–Crippen MR) is 213 cm³/mol. The Balaban J connectivity index is 1.30. The first-order valence-electron chi connectivity index (χ1n) is 17.5. The maximum atomic E-state index is 2.39. The van der Waals surface area contributed by atoms with Crippen molar-refractivity contribution in [1.82, 2.24) is 0 Å². The minimum Gasteiger partial charge on any atom is -0.311 e. The molecule has 0 atom stereocenters. The minimum atomic E-state index is -0.140. The monoisotopic (exact) mass is 639 g/mol. The number of anilines is 3. The Morgan fingerprint density at radius 1 is 0.340 bits per heavy atom. The van der Waals surface area contributed by atoms with Crippen LogP contribution in [-0.2, 0) is 5.41 Å². The van der Waals surface area contributed by atoms with Crippen molar-refractivity contribution in [1.29, 1.82) is 0 Å². The summed E-state index contributed by atoms with van der Waals surface area (Å²) in [5.74, 6) is 0. The van der Waals surface area contributed by atoms with E-state index in [2.05, 4.69) is 207 Å². The zero-order chi connectivity index (χ0) is 33.7. The number of hydrogen-bond acceptors (Lipinski definition) is 1. The van der Waals surface area contributed by atoms with Crippen LogP contribution in [0, 0.1) is 0 Å². The Labute approximate surface area is 294 Å². The van der Waals surface area contributed by atoms with Gasteiger partial charge in [-0.15, -0.1) is 0 Å². The van der Waals surface area contributed by atoms with Gasteiger partial charge in [-0.1, -0.05) is 166 Å². The van der Waals surface area contributed by atoms with Gasteiger partial charge in [0, 0.05) is 22.5 Å². The molecule has 0 saturated carbocycles. The maximum Gasteiger partial charge on any atom is 0.0462 e. The summed E-state index contributed by atoms with van der Waals surface area (Å²) in [5.41, 5.74) is 16.2. The lowest BCUT2D eigenvalue weighted by Gasteiger charge is -2.27. The van der Waals surface area contributed by atoms with Crippen LogP contribution in [0.5, 0.6) is 0 Å². The van der Waals surface area contributed by atoms with Crippen LogP contribution in [0.3, 0.4) is 0 Å². The third-order valence-corrected chi connectivity index (χ3v) is 10.4. The molecule has 8 aromatic carbocycles. The average Bonchev–Trinajstić information content (AvgIpc) is 3.42. The molecule has 0 spiro atoms. The summed E-state index contributed by atoms with van der Waals surface area (Å²) < 4.78 is 0. The molecule has 0 unspecified atom stereocenters. The molecule has 0 aromatic heterocycles. The largest absolute Gasteiger partial charge is 0.311 e. The normalized spacial score (nSPS) is 12.8. The quantitative estimate of drug-likeness (QED) is 0.175. The van der Waals surface area contributed by atoms with E-state index >= 15 is 0 Å². The molecular formula is C49H37N. The number of fused-ring (bicyclic) bond motifs is 5. The third kappa shape index (κ3) is 4.85. The predicted octanol–water partition coefficient (Wildman–Crippen LogP) is 13.6. The van der Waals surface area contributed by atoms with Gasteiger partial charge in [-0.3, -0.25) is 0 Å². The van der Waals surface area contributed by atoms with E-state index in [4.69, 9.17) is 0 Å². The maximum absolute atomic E-state index is 2.39. The fraction of sp³-hybridized carbons (Fsp3) is 0.0612. The van der Waals surface area contributed by atoms with Crippen molar-refractivity contribution in [3.8, 4) is 44.5 Å². The molecule has 1 aliphatic carbocycles. The number of benzene rings is 8. The summed E-state index contributed by atoms with van der Waals surface area (Å²) in [6.45, 7) is 4.78. The van der Waals surface area contributed by atoms with Gasteiger partial charge in [0.2, 0.25) is 0 Å². The second-order valence-corrected chi connectivity index (χ2v) is 13.7. The highest BCUT2D eigenvalue weighted by atomic mass is 15.1. The van der Waals surface area contributed by atoms with Gasteiger partial charge < -0.3 is 4.90 Å². The van der Waals surface area contributed by atoms with Gasteiger partial charge in [0.05, 0.1) is 0 Å². The Hall–Kier alpha value is -6.18. The lowest BCUT2D eigenvalue weighted by Crippen LogP contribution is -2.15. The number of nitrogens with zero attached hydrogens (tertiary/aromatic N) is 1. The van der Waals surface area contributed by atoms with Crippen LogP contribution in [-0.4, -0.2) is 0 Å². The first kappa shape index (κ1) is 29.9. The van der Waals surface area contributed by atoms with E-state index in [1.54, 1.807) is 0 Å². The fourth-order valence-corrected chi connectivity index (χ4v) is 8.16. The van der Waals surface area contributed by atoms with E-state index < -0.39 is 0 Å². The van der Waals surface area contributed by atoms with Crippen molar-refractivity contribution in [3.63, 3.8) is 0 Å². The molecule has 0 amide bonds. The average molecular weight is 640 g/mol. The van der Waals surface area contributed by atoms with Crippen molar-refractivity contribution in [3.05, 3.63) is 199 Å². The Bertz CT molecular complexity index is 2420. The summed E-state index contributed by atoms with van der Waals surface area (Å²) in [5, 5.41) is 2.60. The van der Waals surface area contributed by atoms with Gasteiger partial charge in [-0.25, -0.2) is 0 Å². The van der Waals surface area contributed by atoms with Gasteiger partial charge in [0.15, 0.2) is 0 Å². The molecule has 9 rings (SSSR count). The summed E-state index contributed by atoms with van der Waals surface area (Å²) in [6, 6.07) is 68.3. The first-order valence-corrected chi connectivity index (χ1v) is 17.5. The van der Waals surface area contributed by atoms with Gasteiger partial charge in [-0.2, -0.15) is 0 Å². The van der Waals surface area contributed by atoms with Gasteiger partial charge in [0.25, 0.3) is 0 Å². The van der Waals surface area contributed by atoms with Crippen LogP contribution in [0.25, 0.3) is 55.3 Å². The summed E-state index contributed by atoms with van der Waals surface area (Å²) in [6.07, 6.45) is 0. The molecule has 0 fully saturated rings. The highest BCUT2D eigenvalue weighted by Gasteiger charge is 2.39. The Morgan fingerprint density at radius 2 is 0.780 bits per heavy atom. The van der Waals surface area contributed by atoms with Crippen LogP contribution in [0.2, 0.25) is 0 Å². The molecule has 0 saturated heterocycles. The minimum absolute atomic E-state index is 0.140. The molecule has 1 nitrogen and oxygen atoms in total. The molecule has 0 N–H and O–H groups in total. The smallest absolute Gasteiger partial charge is 0.0462 e. The first-order chi connectivity index (χ1) is 24.6. The van der Waals surface area contributed by atoms with Gasteiger partial charge >= 0.3 is 0 Å². The topological polar surface area (TPSA) is 3.24 Å². The summed E-state index contributed by atoms with van der Waals surface area (Å²) >= 11 is 0. The molecule has 0 heterocycles. The lowest BCUT2D eigenvalue weighted by molar-refractivity contribution is 0.666. The highest BCUT2D eigenvalue weighted by Crippen LogP contribution is 2.58. The van der Waals surface area contributed by atoms with Crippen molar-refractivity contribution < 1.29 is 0 Å². The highest BCUT2D eigenvalue weighted by molar-refractivity contribution is 6.14. The number of hydrogen-bond donors (Lipinski definition) is 0.